The van der Waals surface area contributed by atoms with E-state index < -0.39 is 0 Å². The summed E-state index contributed by atoms with van der Waals surface area (Å²) >= 11 is 1.82. The minimum atomic E-state index is 0.774. The van der Waals surface area contributed by atoms with E-state index in [-0.39, 0.29) is 0 Å². The average molecular weight is 274 g/mol. The van der Waals surface area contributed by atoms with E-state index in [1.807, 2.05) is 11.3 Å². The molecule has 0 saturated carbocycles. The highest BCUT2D eigenvalue weighted by molar-refractivity contribution is 7.12. The Morgan fingerprint density at radius 2 is 1.89 bits per heavy atom. The number of thiazole rings is 1. The number of hydrogen-bond donors (Lipinski definition) is 1. The Morgan fingerprint density at radius 3 is 2.53 bits per heavy atom. The van der Waals surface area contributed by atoms with Gasteiger partial charge in [0.1, 0.15) is 0 Å². The smallest absolute Gasteiger partial charge is 0.0935 e. The van der Waals surface area contributed by atoms with Crippen LogP contribution in [0.2, 0.25) is 0 Å². The molecule has 0 aliphatic rings. The third-order valence-electron chi connectivity index (χ3n) is 3.32. The van der Waals surface area contributed by atoms with Gasteiger partial charge in [0.05, 0.1) is 10.7 Å². The Hall–Kier alpha value is -1.19. The molecule has 0 radical (unpaired) electrons. The summed E-state index contributed by atoms with van der Waals surface area (Å²) in [5.74, 6) is 0. The summed E-state index contributed by atoms with van der Waals surface area (Å²) in [6, 6.07) is 8.76. The lowest BCUT2D eigenvalue weighted by molar-refractivity contribution is 0.742. The Kier molecular flexibility index (Phi) is 5.11. The molecule has 19 heavy (non-hydrogen) atoms. The van der Waals surface area contributed by atoms with Crippen LogP contribution in [0.4, 0.5) is 0 Å². The van der Waals surface area contributed by atoms with Gasteiger partial charge < -0.3 is 5.73 Å². The van der Waals surface area contributed by atoms with Crippen molar-refractivity contribution >= 4 is 11.3 Å². The highest BCUT2D eigenvalue weighted by atomic mass is 32.1. The van der Waals surface area contributed by atoms with Crippen molar-refractivity contribution in [2.24, 2.45) is 5.73 Å². The molecule has 0 amide bonds. The molecule has 0 fully saturated rings. The van der Waals surface area contributed by atoms with Gasteiger partial charge in [-0.2, -0.15) is 0 Å². The lowest BCUT2D eigenvalue weighted by Gasteiger charge is -2.00. The molecule has 2 nitrogen and oxygen atoms in total. The zero-order chi connectivity index (χ0) is 13.7. The van der Waals surface area contributed by atoms with Crippen LogP contribution in [0, 0.1) is 6.92 Å². The van der Waals surface area contributed by atoms with Gasteiger partial charge in [-0.05, 0) is 44.7 Å². The van der Waals surface area contributed by atoms with E-state index in [4.69, 9.17) is 10.7 Å². The zero-order valence-electron chi connectivity index (χ0n) is 11.8. The van der Waals surface area contributed by atoms with Crippen molar-refractivity contribution in [2.75, 3.05) is 6.54 Å². The fraction of sp³-hybridized carbons (Fsp3) is 0.438. The molecule has 0 unspecified atom stereocenters. The summed E-state index contributed by atoms with van der Waals surface area (Å²) in [6.07, 6.45) is 4.35. The molecule has 0 bridgehead atoms. The van der Waals surface area contributed by atoms with Crippen molar-refractivity contribution in [2.45, 2.75) is 39.5 Å². The second-order valence-electron chi connectivity index (χ2n) is 4.81. The first-order valence-electron chi connectivity index (χ1n) is 7.00. The molecule has 0 aliphatic heterocycles. The second-order valence-corrected chi connectivity index (χ2v) is 6.10. The maximum absolute atomic E-state index is 5.53. The SMILES string of the molecule is CCc1ccc(-c2nc(CCCCN)sc2C)cc1. The highest BCUT2D eigenvalue weighted by Crippen LogP contribution is 2.28. The normalized spacial score (nSPS) is 10.9. The summed E-state index contributed by atoms with van der Waals surface area (Å²) in [4.78, 5) is 6.10. The Morgan fingerprint density at radius 1 is 1.16 bits per heavy atom. The molecule has 0 saturated heterocycles. The van der Waals surface area contributed by atoms with Gasteiger partial charge in [0, 0.05) is 10.4 Å². The Labute approximate surface area is 119 Å². The van der Waals surface area contributed by atoms with Gasteiger partial charge in [0.25, 0.3) is 0 Å². The molecule has 0 aliphatic carbocycles. The van der Waals surface area contributed by atoms with E-state index in [0.717, 1.165) is 37.9 Å². The van der Waals surface area contributed by atoms with E-state index in [2.05, 4.69) is 38.1 Å². The molecule has 102 valence electrons. The van der Waals surface area contributed by atoms with Crippen molar-refractivity contribution < 1.29 is 0 Å². The fourth-order valence-corrected chi connectivity index (χ4v) is 3.14. The van der Waals surface area contributed by atoms with Gasteiger partial charge in [-0.25, -0.2) is 4.98 Å². The molecule has 3 heteroatoms. The molecule has 0 atom stereocenters. The summed E-state index contributed by atoms with van der Waals surface area (Å²) in [7, 11) is 0. The summed E-state index contributed by atoms with van der Waals surface area (Å²) in [5, 5.41) is 1.24. The summed E-state index contributed by atoms with van der Waals surface area (Å²) < 4.78 is 0. The maximum Gasteiger partial charge on any atom is 0.0935 e. The monoisotopic (exact) mass is 274 g/mol. The van der Waals surface area contributed by atoms with Gasteiger partial charge in [-0.15, -0.1) is 11.3 Å². The Balaban J connectivity index is 2.14. The molecule has 2 rings (SSSR count). The minimum Gasteiger partial charge on any atom is -0.330 e. The van der Waals surface area contributed by atoms with Gasteiger partial charge in [0.2, 0.25) is 0 Å². The van der Waals surface area contributed by atoms with Crippen LogP contribution in [-0.2, 0) is 12.8 Å². The number of nitrogens with zero attached hydrogens (tertiary/aromatic N) is 1. The first-order chi connectivity index (χ1) is 9.24. The molecule has 2 aromatic rings. The van der Waals surface area contributed by atoms with Crippen molar-refractivity contribution in [3.05, 3.63) is 39.7 Å². The average Bonchev–Trinajstić information content (AvgIpc) is 2.80. The molecular formula is C16H22N2S. The number of unbranched alkanes of at least 4 members (excludes halogenated alkanes) is 1. The third kappa shape index (κ3) is 3.64. The number of aromatic nitrogens is 1. The van der Waals surface area contributed by atoms with Gasteiger partial charge in [-0.3, -0.25) is 0 Å². The first-order valence-corrected chi connectivity index (χ1v) is 7.82. The van der Waals surface area contributed by atoms with Crippen LogP contribution >= 0.6 is 11.3 Å². The summed E-state index contributed by atoms with van der Waals surface area (Å²) in [5.41, 5.74) is 9.28. The van der Waals surface area contributed by atoms with Gasteiger partial charge >= 0.3 is 0 Å². The van der Waals surface area contributed by atoms with Crippen LogP contribution < -0.4 is 5.73 Å². The molecule has 1 aromatic carbocycles. The largest absolute Gasteiger partial charge is 0.330 e. The van der Waals surface area contributed by atoms with Crippen molar-refractivity contribution in [3.8, 4) is 11.3 Å². The van der Waals surface area contributed by atoms with E-state index in [9.17, 15) is 0 Å². The van der Waals surface area contributed by atoms with Crippen LogP contribution in [0.15, 0.2) is 24.3 Å². The molecule has 2 N–H and O–H groups in total. The van der Waals surface area contributed by atoms with Crippen molar-refractivity contribution in [3.63, 3.8) is 0 Å². The zero-order valence-corrected chi connectivity index (χ0v) is 12.6. The maximum atomic E-state index is 5.53. The molecule has 1 aromatic heterocycles. The topological polar surface area (TPSA) is 38.9 Å². The number of aryl methyl sites for hydroxylation is 3. The van der Waals surface area contributed by atoms with E-state index in [1.165, 1.54) is 21.0 Å². The second kappa shape index (κ2) is 6.83. The highest BCUT2D eigenvalue weighted by Gasteiger charge is 2.09. The molecule has 0 spiro atoms. The number of hydrogen-bond acceptors (Lipinski definition) is 3. The van der Waals surface area contributed by atoms with Crippen LogP contribution in [0.5, 0.6) is 0 Å². The minimum absolute atomic E-state index is 0.774. The van der Waals surface area contributed by atoms with E-state index >= 15 is 0 Å². The predicted octanol–water partition coefficient (Wildman–Crippen LogP) is 3.96. The lowest BCUT2D eigenvalue weighted by atomic mass is 10.1. The number of rotatable bonds is 6. The predicted molar refractivity (Wildman–Crippen MR) is 83.7 cm³/mol. The molecular weight excluding hydrogens is 252 g/mol. The van der Waals surface area contributed by atoms with Crippen LogP contribution in [0.1, 0.15) is 35.2 Å². The third-order valence-corrected chi connectivity index (χ3v) is 4.35. The van der Waals surface area contributed by atoms with Crippen LogP contribution in [0.3, 0.4) is 0 Å². The van der Waals surface area contributed by atoms with Crippen molar-refractivity contribution in [1.29, 1.82) is 0 Å². The van der Waals surface area contributed by atoms with Crippen molar-refractivity contribution in [1.82, 2.24) is 4.98 Å². The van der Waals surface area contributed by atoms with Gasteiger partial charge in [-0.1, -0.05) is 31.2 Å². The van der Waals surface area contributed by atoms with Crippen LogP contribution in [0.25, 0.3) is 11.3 Å². The first kappa shape index (κ1) is 14.2. The van der Waals surface area contributed by atoms with E-state index in [0.29, 0.717) is 0 Å². The van der Waals surface area contributed by atoms with Crippen LogP contribution in [-0.4, -0.2) is 11.5 Å². The summed E-state index contributed by atoms with van der Waals surface area (Å²) in [6.45, 7) is 5.11. The Bertz CT molecular complexity index is 514. The number of nitrogens with two attached hydrogens (primary N) is 1. The lowest BCUT2D eigenvalue weighted by Crippen LogP contribution is -1.98. The number of benzene rings is 1. The quantitative estimate of drug-likeness (QED) is 0.810. The van der Waals surface area contributed by atoms with Gasteiger partial charge in [0.15, 0.2) is 0 Å². The standard InChI is InChI=1S/C16H22N2S/c1-3-13-7-9-14(10-8-13)16-12(2)19-15(18-16)6-4-5-11-17/h7-10H,3-6,11,17H2,1-2H3. The molecule has 1 heterocycles. The fourth-order valence-electron chi connectivity index (χ4n) is 2.14. The van der Waals surface area contributed by atoms with E-state index in [1.54, 1.807) is 0 Å².